The van der Waals surface area contributed by atoms with Crippen LogP contribution in [0.25, 0.3) is 0 Å². The van der Waals surface area contributed by atoms with E-state index in [0.717, 1.165) is 18.4 Å². The van der Waals surface area contributed by atoms with E-state index >= 15 is 0 Å². The molecule has 0 saturated heterocycles. The fourth-order valence-corrected chi connectivity index (χ4v) is 4.89. The number of benzene rings is 2. The summed E-state index contributed by atoms with van der Waals surface area (Å²) in [5.74, 6) is -0.659. The molecule has 0 saturated carbocycles. The van der Waals surface area contributed by atoms with Gasteiger partial charge in [0, 0.05) is 12.6 Å². The van der Waals surface area contributed by atoms with Gasteiger partial charge in [-0.15, -0.1) is 0 Å². The summed E-state index contributed by atoms with van der Waals surface area (Å²) in [5, 5.41) is 2.55. The Balaban J connectivity index is 2.54. The first-order valence-corrected chi connectivity index (χ1v) is 14.4. The van der Waals surface area contributed by atoms with Crippen LogP contribution < -0.4 is 14.4 Å². The van der Waals surface area contributed by atoms with Crippen LogP contribution in [0.3, 0.4) is 0 Å². The molecule has 1 N–H and O–H groups in total. The zero-order valence-electron chi connectivity index (χ0n) is 22.4. The van der Waals surface area contributed by atoms with Gasteiger partial charge < -0.3 is 15.0 Å². The molecular formula is C26H33ClF3N3O5S. The summed E-state index contributed by atoms with van der Waals surface area (Å²) in [6.07, 6.45) is -3.16. The van der Waals surface area contributed by atoms with Crippen molar-refractivity contribution in [2.24, 2.45) is 0 Å². The molecule has 0 aromatic heterocycles. The van der Waals surface area contributed by atoms with Crippen molar-refractivity contribution < 1.29 is 35.9 Å². The average Bonchev–Trinajstić information content (AvgIpc) is 2.86. The van der Waals surface area contributed by atoms with Crippen LogP contribution in [-0.4, -0.2) is 57.1 Å². The van der Waals surface area contributed by atoms with Crippen LogP contribution in [0.15, 0.2) is 42.5 Å². The molecule has 0 aliphatic heterocycles. The number of hydrogen-bond donors (Lipinski definition) is 1. The molecule has 0 fully saturated rings. The van der Waals surface area contributed by atoms with E-state index in [-0.39, 0.29) is 24.0 Å². The van der Waals surface area contributed by atoms with Gasteiger partial charge in [-0.2, -0.15) is 13.2 Å². The fraction of sp³-hybridized carbons (Fsp3) is 0.462. The number of rotatable bonds is 12. The first-order valence-electron chi connectivity index (χ1n) is 12.2. The van der Waals surface area contributed by atoms with Crippen molar-refractivity contribution in [1.29, 1.82) is 0 Å². The Kier molecular flexibility index (Phi) is 11.1. The zero-order chi connectivity index (χ0) is 29.5. The maximum Gasteiger partial charge on any atom is 0.416 e. The van der Waals surface area contributed by atoms with Crippen LogP contribution in [0.2, 0.25) is 5.02 Å². The second-order valence-electron chi connectivity index (χ2n) is 9.05. The summed E-state index contributed by atoms with van der Waals surface area (Å²) in [5.41, 5.74) is -0.997. The second-order valence-corrected chi connectivity index (χ2v) is 11.4. The summed E-state index contributed by atoms with van der Waals surface area (Å²) >= 11 is 6.11. The van der Waals surface area contributed by atoms with Gasteiger partial charge in [-0.05, 0) is 55.7 Å². The molecule has 0 heterocycles. The number of sulfonamides is 1. The summed E-state index contributed by atoms with van der Waals surface area (Å²) in [7, 11) is -2.78. The van der Waals surface area contributed by atoms with Crippen molar-refractivity contribution in [3.8, 4) is 5.75 Å². The topological polar surface area (TPSA) is 96.0 Å². The molecule has 2 aromatic rings. The van der Waals surface area contributed by atoms with Crippen LogP contribution in [0, 0.1) is 0 Å². The van der Waals surface area contributed by atoms with E-state index in [0.29, 0.717) is 28.1 Å². The van der Waals surface area contributed by atoms with Gasteiger partial charge in [-0.1, -0.05) is 37.6 Å². The third-order valence-electron chi connectivity index (χ3n) is 6.12. The highest BCUT2D eigenvalue weighted by molar-refractivity contribution is 7.92. The Morgan fingerprint density at radius 2 is 1.69 bits per heavy atom. The van der Waals surface area contributed by atoms with Crippen molar-refractivity contribution in [3.05, 3.63) is 58.6 Å². The van der Waals surface area contributed by atoms with Crippen molar-refractivity contribution in [2.75, 3.05) is 24.2 Å². The number of nitrogens with zero attached hydrogens (tertiary/aromatic N) is 2. The first kappa shape index (κ1) is 32.2. The van der Waals surface area contributed by atoms with E-state index in [1.54, 1.807) is 38.1 Å². The summed E-state index contributed by atoms with van der Waals surface area (Å²) in [6.45, 7) is 4.45. The number of anilines is 1. The van der Waals surface area contributed by atoms with Crippen LogP contribution in [0.5, 0.6) is 5.75 Å². The van der Waals surface area contributed by atoms with E-state index in [1.807, 2.05) is 6.92 Å². The number of ether oxygens (including phenoxy) is 1. The van der Waals surface area contributed by atoms with Gasteiger partial charge in [-0.25, -0.2) is 8.42 Å². The van der Waals surface area contributed by atoms with E-state index in [2.05, 4.69) is 5.32 Å². The molecule has 0 bridgehead atoms. The largest absolute Gasteiger partial charge is 0.497 e. The molecule has 13 heteroatoms. The predicted octanol–water partition coefficient (Wildman–Crippen LogP) is 4.86. The first-order chi connectivity index (χ1) is 18.1. The Morgan fingerprint density at radius 1 is 1.08 bits per heavy atom. The molecule has 0 aliphatic rings. The SMILES string of the molecule is CCC(C)NC(=O)C(CC)N(Cc1ccc(OC)cc1)C(=O)CN(c1cc(C(F)(F)F)ccc1Cl)S(C)(=O)=O. The van der Waals surface area contributed by atoms with Gasteiger partial charge in [0.1, 0.15) is 18.3 Å². The highest BCUT2D eigenvalue weighted by Gasteiger charge is 2.35. The number of amides is 2. The van der Waals surface area contributed by atoms with Crippen molar-refractivity contribution >= 4 is 39.1 Å². The third kappa shape index (κ3) is 8.76. The summed E-state index contributed by atoms with van der Waals surface area (Å²) in [6, 6.07) is 7.78. The standard InChI is InChI=1S/C26H33ClF3N3O5S/c1-6-17(3)31-25(35)22(7-2)32(15-18-8-11-20(38-4)12-9-18)24(34)16-33(39(5,36)37)23-14-19(26(28,29)30)10-13-21(23)27/h8-14,17,22H,6-7,15-16H2,1-5H3,(H,31,35). The normalized spacial score (nSPS) is 13.4. The zero-order valence-corrected chi connectivity index (χ0v) is 24.0. The van der Waals surface area contributed by atoms with Gasteiger partial charge in [0.15, 0.2) is 0 Å². The quantitative estimate of drug-likeness (QED) is 0.380. The molecular weight excluding hydrogens is 559 g/mol. The maximum atomic E-state index is 13.7. The molecule has 0 aliphatic carbocycles. The molecule has 2 aromatic carbocycles. The number of carbonyl (C=O) groups is 2. The lowest BCUT2D eigenvalue weighted by Crippen LogP contribution is -2.53. The fourth-order valence-electron chi connectivity index (χ4n) is 3.76. The molecule has 8 nitrogen and oxygen atoms in total. The third-order valence-corrected chi connectivity index (χ3v) is 7.57. The number of halogens is 4. The van der Waals surface area contributed by atoms with Gasteiger partial charge in [-0.3, -0.25) is 13.9 Å². The lowest BCUT2D eigenvalue weighted by Gasteiger charge is -2.33. The van der Waals surface area contributed by atoms with Crippen LogP contribution in [-0.2, 0) is 32.3 Å². The van der Waals surface area contributed by atoms with E-state index in [9.17, 15) is 31.2 Å². The Labute approximate surface area is 232 Å². The van der Waals surface area contributed by atoms with Crippen LogP contribution >= 0.6 is 11.6 Å². The minimum Gasteiger partial charge on any atom is -0.497 e. The Hall–Kier alpha value is -2.99. The van der Waals surface area contributed by atoms with Gasteiger partial charge >= 0.3 is 6.18 Å². The predicted molar refractivity (Wildman–Crippen MR) is 144 cm³/mol. The molecule has 2 rings (SSSR count). The highest BCUT2D eigenvalue weighted by Crippen LogP contribution is 2.36. The number of carbonyl (C=O) groups excluding carboxylic acids is 2. The Morgan fingerprint density at radius 3 is 2.18 bits per heavy atom. The molecule has 2 atom stereocenters. The number of nitrogens with one attached hydrogen (secondary N) is 1. The molecule has 2 unspecified atom stereocenters. The Bertz CT molecular complexity index is 1260. The van der Waals surface area contributed by atoms with E-state index in [4.69, 9.17) is 16.3 Å². The molecule has 2 amide bonds. The minimum absolute atomic E-state index is 0.0663. The van der Waals surface area contributed by atoms with E-state index in [1.165, 1.54) is 12.0 Å². The maximum absolute atomic E-state index is 13.7. The summed E-state index contributed by atoms with van der Waals surface area (Å²) in [4.78, 5) is 28.1. The number of hydrogen-bond acceptors (Lipinski definition) is 5. The lowest BCUT2D eigenvalue weighted by molar-refractivity contribution is -0.140. The van der Waals surface area contributed by atoms with Crippen LogP contribution in [0.1, 0.15) is 44.7 Å². The van der Waals surface area contributed by atoms with Crippen molar-refractivity contribution in [3.63, 3.8) is 0 Å². The monoisotopic (exact) mass is 591 g/mol. The van der Waals surface area contributed by atoms with E-state index < -0.39 is 51.9 Å². The summed E-state index contributed by atoms with van der Waals surface area (Å²) < 4.78 is 71.2. The minimum atomic E-state index is -4.77. The number of alkyl halides is 3. The molecule has 39 heavy (non-hydrogen) atoms. The van der Waals surface area contributed by atoms with Gasteiger partial charge in [0.2, 0.25) is 21.8 Å². The van der Waals surface area contributed by atoms with Gasteiger partial charge in [0.05, 0.1) is 29.6 Å². The molecule has 0 radical (unpaired) electrons. The average molecular weight is 592 g/mol. The lowest BCUT2D eigenvalue weighted by atomic mass is 10.1. The smallest absolute Gasteiger partial charge is 0.416 e. The highest BCUT2D eigenvalue weighted by atomic mass is 35.5. The molecule has 216 valence electrons. The molecule has 0 spiro atoms. The van der Waals surface area contributed by atoms with Crippen LogP contribution in [0.4, 0.5) is 18.9 Å². The number of methoxy groups -OCH3 is 1. The van der Waals surface area contributed by atoms with Crippen molar-refractivity contribution in [1.82, 2.24) is 10.2 Å². The van der Waals surface area contributed by atoms with Crippen molar-refractivity contribution in [2.45, 2.75) is 58.4 Å². The second kappa shape index (κ2) is 13.4. The van der Waals surface area contributed by atoms with Gasteiger partial charge in [0.25, 0.3) is 0 Å².